The van der Waals surface area contributed by atoms with Crippen molar-refractivity contribution in [3.05, 3.63) is 24.3 Å². The number of thioether (sulfide) groups is 1. The van der Waals surface area contributed by atoms with Crippen LogP contribution in [0, 0.1) is 0 Å². The number of rotatable bonds is 4. The maximum atomic E-state index is 12.1. The third-order valence-electron chi connectivity index (χ3n) is 2.18. The van der Waals surface area contributed by atoms with Gasteiger partial charge in [-0.25, -0.2) is 0 Å². The lowest BCUT2D eigenvalue weighted by molar-refractivity contribution is -0.117. The topological polar surface area (TPSA) is 41.1 Å². The first-order chi connectivity index (χ1) is 8.31. The molecule has 1 rings (SSSR count). The number of carbonyl (C=O) groups is 1. The van der Waals surface area contributed by atoms with Crippen LogP contribution in [-0.4, -0.2) is 24.5 Å². The van der Waals surface area contributed by atoms with E-state index >= 15 is 0 Å². The summed E-state index contributed by atoms with van der Waals surface area (Å²) < 4.78 is 36.3. The van der Waals surface area contributed by atoms with E-state index in [4.69, 9.17) is 0 Å². The fourth-order valence-corrected chi connectivity index (χ4v) is 1.66. The minimum atomic E-state index is -4.30. The van der Waals surface area contributed by atoms with Crippen molar-refractivity contribution in [3.63, 3.8) is 0 Å². The van der Waals surface area contributed by atoms with Gasteiger partial charge in [0.05, 0.1) is 6.04 Å². The average Bonchev–Trinajstić information content (AvgIpc) is 2.28. The molecule has 7 heteroatoms. The second kappa shape index (κ2) is 6.10. The van der Waals surface area contributed by atoms with E-state index in [2.05, 4.69) is 10.6 Å². The summed E-state index contributed by atoms with van der Waals surface area (Å²) in [4.78, 5) is 11.6. The van der Waals surface area contributed by atoms with Crippen LogP contribution in [0.25, 0.3) is 0 Å². The molecular formula is C11H13F3N2OS. The highest BCUT2D eigenvalue weighted by molar-refractivity contribution is 8.00. The Morgan fingerprint density at radius 1 is 1.28 bits per heavy atom. The summed E-state index contributed by atoms with van der Waals surface area (Å²) in [6, 6.07) is 5.15. The van der Waals surface area contributed by atoms with Gasteiger partial charge in [0.2, 0.25) is 5.91 Å². The van der Waals surface area contributed by atoms with Gasteiger partial charge in [-0.1, -0.05) is 0 Å². The Labute approximate surface area is 107 Å². The van der Waals surface area contributed by atoms with Crippen molar-refractivity contribution in [3.8, 4) is 0 Å². The first kappa shape index (κ1) is 14.8. The molecule has 0 aliphatic rings. The van der Waals surface area contributed by atoms with Crippen LogP contribution in [0.3, 0.4) is 0 Å². The number of halogens is 3. The van der Waals surface area contributed by atoms with E-state index in [-0.39, 0.29) is 28.6 Å². The Kier molecular flexibility index (Phi) is 5.03. The molecule has 0 saturated heterocycles. The molecule has 0 aliphatic heterocycles. The van der Waals surface area contributed by atoms with E-state index in [0.717, 1.165) is 0 Å². The van der Waals surface area contributed by atoms with Gasteiger partial charge in [0, 0.05) is 10.6 Å². The van der Waals surface area contributed by atoms with Crippen molar-refractivity contribution >= 4 is 23.4 Å². The average molecular weight is 278 g/mol. The van der Waals surface area contributed by atoms with Gasteiger partial charge in [0.15, 0.2) is 0 Å². The molecule has 0 fully saturated rings. The monoisotopic (exact) mass is 278 g/mol. The number of anilines is 1. The third-order valence-corrected chi connectivity index (χ3v) is 2.92. The van der Waals surface area contributed by atoms with Crippen molar-refractivity contribution in [2.75, 3.05) is 12.4 Å². The number of likely N-dealkylation sites (N-methyl/N-ethyl adjacent to an activating group) is 1. The second-order valence-electron chi connectivity index (χ2n) is 3.57. The molecular weight excluding hydrogens is 265 g/mol. The summed E-state index contributed by atoms with van der Waals surface area (Å²) in [6.45, 7) is 1.68. The lowest BCUT2D eigenvalue weighted by Gasteiger charge is -2.11. The molecule has 2 N–H and O–H groups in total. The summed E-state index contributed by atoms with van der Waals surface area (Å²) in [5, 5.41) is 5.35. The summed E-state index contributed by atoms with van der Waals surface area (Å²) in [6.07, 6.45) is 0. The van der Waals surface area contributed by atoms with Gasteiger partial charge >= 0.3 is 5.51 Å². The van der Waals surface area contributed by atoms with Gasteiger partial charge in [-0.3, -0.25) is 4.79 Å². The van der Waals surface area contributed by atoms with E-state index in [1.807, 2.05) is 0 Å². The zero-order valence-corrected chi connectivity index (χ0v) is 10.7. The Morgan fingerprint density at radius 2 is 1.83 bits per heavy atom. The quantitative estimate of drug-likeness (QED) is 0.832. The van der Waals surface area contributed by atoms with Crippen LogP contribution in [0.15, 0.2) is 29.2 Å². The van der Waals surface area contributed by atoms with Gasteiger partial charge in [-0.15, -0.1) is 0 Å². The first-order valence-electron chi connectivity index (χ1n) is 5.16. The Balaban J connectivity index is 2.63. The number of amides is 1. The van der Waals surface area contributed by atoms with Crippen LogP contribution >= 0.6 is 11.8 Å². The Hall–Kier alpha value is -1.21. The maximum absolute atomic E-state index is 12.1. The normalized spacial score (nSPS) is 13.2. The first-order valence-corrected chi connectivity index (χ1v) is 5.97. The smallest absolute Gasteiger partial charge is 0.325 e. The molecule has 0 aliphatic carbocycles. The second-order valence-corrected chi connectivity index (χ2v) is 4.71. The zero-order valence-electron chi connectivity index (χ0n) is 9.84. The number of carbonyl (C=O) groups excluding carboxylic acids is 1. The van der Waals surface area contributed by atoms with Crippen LogP contribution < -0.4 is 10.6 Å². The number of alkyl halides is 3. The highest BCUT2D eigenvalue weighted by Crippen LogP contribution is 2.36. The van der Waals surface area contributed by atoms with Crippen molar-refractivity contribution in [2.24, 2.45) is 0 Å². The molecule has 3 nitrogen and oxygen atoms in total. The summed E-state index contributed by atoms with van der Waals surface area (Å²) in [7, 11) is 1.65. The minimum absolute atomic E-state index is 0.0853. The molecule has 0 radical (unpaired) electrons. The molecule has 100 valence electrons. The predicted octanol–water partition coefficient (Wildman–Crippen LogP) is 2.84. The van der Waals surface area contributed by atoms with Crippen molar-refractivity contribution in [2.45, 2.75) is 23.4 Å². The Morgan fingerprint density at radius 3 is 2.28 bits per heavy atom. The van der Waals surface area contributed by atoms with Crippen LogP contribution in [-0.2, 0) is 4.79 Å². The SMILES string of the molecule is CNC(C)C(=O)Nc1ccc(SC(F)(F)F)cc1. The summed E-state index contributed by atoms with van der Waals surface area (Å²) in [5.41, 5.74) is -3.83. The van der Waals surface area contributed by atoms with Gasteiger partial charge in [-0.2, -0.15) is 13.2 Å². The number of nitrogens with one attached hydrogen (secondary N) is 2. The lowest BCUT2D eigenvalue weighted by Crippen LogP contribution is -2.35. The van der Waals surface area contributed by atoms with Crippen LogP contribution in [0.5, 0.6) is 0 Å². The molecule has 1 aromatic rings. The van der Waals surface area contributed by atoms with Crippen molar-refractivity contribution in [1.82, 2.24) is 5.32 Å². The van der Waals surface area contributed by atoms with Gasteiger partial charge < -0.3 is 10.6 Å². The molecule has 1 amide bonds. The Bertz CT molecular complexity index is 406. The number of benzene rings is 1. The van der Waals surface area contributed by atoms with Crippen LogP contribution in [0.1, 0.15) is 6.92 Å². The van der Waals surface area contributed by atoms with Crippen molar-refractivity contribution < 1.29 is 18.0 Å². The predicted molar refractivity (Wildman–Crippen MR) is 65.5 cm³/mol. The maximum Gasteiger partial charge on any atom is 0.446 e. The standard InChI is InChI=1S/C11H13F3N2OS/c1-7(15-2)10(17)16-8-3-5-9(6-4-8)18-11(12,13)14/h3-7,15H,1-2H3,(H,16,17). The zero-order chi connectivity index (χ0) is 13.8. The summed E-state index contributed by atoms with van der Waals surface area (Å²) in [5.74, 6) is -0.242. The van der Waals surface area contributed by atoms with Gasteiger partial charge in [0.1, 0.15) is 0 Å². The van der Waals surface area contributed by atoms with Crippen molar-refractivity contribution in [1.29, 1.82) is 0 Å². The highest BCUT2D eigenvalue weighted by atomic mass is 32.2. The van der Waals surface area contributed by atoms with Gasteiger partial charge in [-0.05, 0) is 50.0 Å². The highest BCUT2D eigenvalue weighted by Gasteiger charge is 2.29. The molecule has 18 heavy (non-hydrogen) atoms. The van der Waals surface area contributed by atoms with Gasteiger partial charge in [0.25, 0.3) is 0 Å². The molecule has 0 spiro atoms. The molecule has 0 aromatic heterocycles. The minimum Gasteiger partial charge on any atom is -0.325 e. The van der Waals surface area contributed by atoms with Crippen LogP contribution in [0.2, 0.25) is 0 Å². The van der Waals surface area contributed by atoms with E-state index in [1.165, 1.54) is 24.3 Å². The molecule has 1 atom stereocenters. The fourth-order valence-electron chi connectivity index (χ4n) is 1.12. The van der Waals surface area contributed by atoms with E-state index < -0.39 is 5.51 Å². The molecule has 0 bridgehead atoms. The largest absolute Gasteiger partial charge is 0.446 e. The molecule has 0 heterocycles. The molecule has 1 aromatic carbocycles. The van der Waals surface area contributed by atoms with E-state index in [9.17, 15) is 18.0 Å². The fraction of sp³-hybridized carbons (Fsp3) is 0.364. The number of hydrogen-bond donors (Lipinski definition) is 2. The molecule has 1 unspecified atom stereocenters. The molecule has 0 saturated carbocycles. The third kappa shape index (κ3) is 4.97. The van der Waals surface area contributed by atoms with Crippen LogP contribution in [0.4, 0.5) is 18.9 Å². The van der Waals surface area contributed by atoms with E-state index in [1.54, 1.807) is 14.0 Å². The van der Waals surface area contributed by atoms with E-state index in [0.29, 0.717) is 5.69 Å². The number of hydrogen-bond acceptors (Lipinski definition) is 3. The lowest BCUT2D eigenvalue weighted by atomic mass is 10.3. The summed E-state index contributed by atoms with van der Waals surface area (Å²) >= 11 is -0.186.